The van der Waals surface area contributed by atoms with Gasteiger partial charge in [-0.05, 0) is 43.1 Å². The summed E-state index contributed by atoms with van der Waals surface area (Å²) in [7, 11) is 3.37. The number of morpholine rings is 2. The number of ether oxygens (including phenoxy) is 3. The first kappa shape index (κ1) is 48.1. The normalized spacial score (nSPS) is 19.2. The van der Waals surface area contributed by atoms with Gasteiger partial charge in [0, 0.05) is 105 Å². The van der Waals surface area contributed by atoms with E-state index in [-0.39, 0.29) is 30.3 Å². The lowest BCUT2D eigenvalue weighted by atomic mass is 9.97. The number of carbonyl (C=O) groups excluding carboxylic acids is 4. The quantitative estimate of drug-likeness (QED) is 0.0888. The highest BCUT2D eigenvalue weighted by molar-refractivity contribution is 5.90. The molecule has 3 aliphatic heterocycles. The van der Waals surface area contributed by atoms with E-state index in [1.807, 2.05) is 49.2 Å². The van der Waals surface area contributed by atoms with Crippen LogP contribution in [0.1, 0.15) is 52.5 Å². The summed E-state index contributed by atoms with van der Waals surface area (Å²) < 4.78 is 16.5. The number of nitrogens with zero attached hydrogens (tertiary/aromatic N) is 5. The molecule has 334 valence electrons. The highest BCUT2D eigenvalue weighted by Crippen LogP contribution is 2.19. The van der Waals surface area contributed by atoms with Crippen LogP contribution in [0.4, 0.5) is 9.59 Å². The second-order valence-electron chi connectivity index (χ2n) is 16.9. The van der Waals surface area contributed by atoms with Crippen LogP contribution in [0.25, 0.3) is 0 Å². The van der Waals surface area contributed by atoms with Crippen molar-refractivity contribution in [2.75, 3.05) is 119 Å². The lowest BCUT2D eigenvalue weighted by Gasteiger charge is -2.37. The van der Waals surface area contributed by atoms with Gasteiger partial charge in [0.15, 0.2) is 0 Å². The zero-order valence-corrected chi connectivity index (χ0v) is 36.5. The van der Waals surface area contributed by atoms with E-state index in [4.69, 9.17) is 14.2 Å². The zero-order valence-electron chi connectivity index (χ0n) is 36.5. The van der Waals surface area contributed by atoms with Crippen LogP contribution < -0.4 is 21.4 Å². The Morgan fingerprint density at radius 1 is 0.797 bits per heavy atom. The molecule has 4 rings (SSSR count). The Bertz CT molecular complexity index is 1420. The van der Waals surface area contributed by atoms with Gasteiger partial charge in [0.2, 0.25) is 5.72 Å². The Morgan fingerprint density at radius 2 is 1.34 bits per heavy atom. The Labute approximate surface area is 351 Å². The van der Waals surface area contributed by atoms with Crippen LogP contribution >= 0.6 is 0 Å². The smallest absolute Gasteiger partial charge is 0.319 e. The summed E-state index contributed by atoms with van der Waals surface area (Å²) in [5, 5.41) is 22.4. The highest BCUT2D eigenvalue weighted by Gasteiger charge is 2.43. The van der Waals surface area contributed by atoms with E-state index in [0.29, 0.717) is 85.2 Å². The monoisotopic (exact) mass is 832 g/mol. The van der Waals surface area contributed by atoms with E-state index in [0.717, 1.165) is 44.6 Å². The molecule has 1 aromatic rings. The molecule has 0 bridgehead atoms. The number of amides is 6. The van der Waals surface area contributed by atoms with Crippen molar-refractivity contribution in [1.29, 1.82) is 0 Å². The third-order valence-corrected chi connectivity index (χ3v) is 11.6. The Balaban J connectivity index is 1.48. The molecule has 0 saturated carbocycles. The Morgan fingerprint density at radius 3 is 1.88 bits per heavy atom. The van der Waals surface area contributed by atoms with Crippen molar-refractivity contribution in [2.45, 2.75) is 71.2 Å². The number of hydrazine groups is 1. The van der Waals surface area contributed by atoms with E-state index < -0.39 is 35.7 Å². The summed E-state index contributed by atoms with van der Waals surface area (Å²) in [6.45, 7) is 17.2. The van der Waals surface area contributed by atoms with Crippen LogP contribution in [0.15, 0.2) is 30.3 Å². The first-order valence-corrected chi connectivity index (χ1v) is 21.6. The van der Waals surface area contributed by atoms with Crippen LogP contribution in [0, 0.1) is 17.8 Å². The third-order valence-electron chi connectivity index (χ3n) is 11.6. The van der Waals surface area contributed by atoms with Crippen molar-refractivity contribution in [2.24, 2.45) is 17.8 Å². The molecule has 17 nitrogen and oxygen atoms in total. The van der Waals surface area contributed by atoms with E-state index in [9.17, 15) is 24.3 Å². The van der Waals surface area contributed by atoms with Gasteiger partial charge in [-0.2, -0.15) is 0 Å². The predicted octanol–water partition coefficient (Wildman–Crippen LogP) is 1.18. The molecule has 59 heavy (non-hydrogen) atoms. The Hall–Kier alpha value is -3.58. The second kappa shape index (κ2) is 24.6. The van der Waals surface area contributed by atoms with Crippen LogP contribution in [0.5, 0.6) is 0 Å². The van der Waals surface area contributed by atoms with Gasteiger partial charge in [0.1, 0.15) is 6.04 Å². The van der Waals surface area contributed by atoms with Crippen molar-refractivity contribution >= 4 is 23.9 Å². The van der Waals surface area contributed by atoms with Gasteiger partial charge < -0.3 is 45.1 Å². The second-order valence-corrected chi connectivity index (χ2v) is 16.9. The summed E-state index contributed by atoms with van der Waals surface area (Å²) >= 11 is 0. The van der Waals surface area contributed by atoms with Crippen LogP contribution in [0.3, 0.4) is 0 Å². The lowest BCUT2D eigenvalue weighted by Crippen LogP contribution is -2.66. The van der Waals surface area contributed by atoms with Gasteiger partial charge in [0.05, 0.1) is 26.4 Å². The fourth-order valence-corrected chi connectivity index (χ4v) is 7.32. The number of nitrogens with one attached hydrogen (secondary N) is 4. The molecular formula is C42H73N9O8. The van der Waals surface area contributed by atoms with Crippen LogP contribution in [-0.4, -0.2) is 191 Å². The zero-order chi connectivity index (χ0) is 42.8. The van der Waals surface area contributed by atoms with Gasteiger partial charge in [-0.15, -0.1) is 0 Å². The molecule has 3 heterocycles. The van der Waals surface area contributed by atoms with Gasteiger partial charge in [-0.3, -0.25) is 24.8 Å². The number of benzene rings is 1. The molecular weight excluding hydrogens is 759 g/mol. The van der Waals surface area contributed by atoms with Crippen molar-refractivity contribution < 1.29 is 38.5 Å². The standard InChI is InChI=1S/C42H73N9O8/c1-32(2)37(44-40(54)47(5)16-18-49-20-26-58-27-21-49)38(52)46-51(30-35-14-24-57-25-15-35)31-36(13-12-34-10-8-7-9-11-34)43-39(53)42(56,33(3)4)45-41(55)48(6)17-19-50-22-28-59-29-23-50/h7-11,32-33,35-37,56H,12-31H2,1-6H3,(H,43,53)(H,44,54)(H,45,55)(H,46,52)/t36-,37-,42+/m0/s1. The summed E-state index contributed by atoms with van der Waals surface area (Å²) in [6, 6.07) is 7.63. The molecule has 17 heteroatoms. The Kier molecular flexibility index (Phi) is 20.1. The summed E-state index contributed by atoms with van der Waals surface area (Å²) in [5.74, 6) is -1.77. The number of aryl methyl sites for hydroxylation is 1. The minimum absolute atomic E-state index is 0.210. The fourth-order valence-electron chi connectivity index (χ4n) is 7.32. The SMILES string of the molecule is CC(C)[C@H](NC(=O)N(C)CCN1CCOCC1)C(=O)NN(CC1CCOCC1)C[C@H](CCc1ccccc1)NC(=O)[C@@](O)(NC(=O)N(C)CCN1CCOCC1)C(C)C. The molecule has 0 spiro atoms. The number of likely N-dealkylation sites (N-methyl/N-ethyl adjacent to an activating group) is 2. The third kappa shape index (κ3) is 16.1. The van der Waals surface area contributed by atoms with Crippen molar-refractivity contribution in [3.63, 3.8) is 0 Å². The van der Waals surface area contributed by atoms with Crippen molar-refractivity contribution in [3.05, 3.63) is 35.9 Å². The number of rotatable bonds is 21. The molecule has 1 aromatic carbocycles. The van der Waals surface area contributed by atoms with E-state index >= 15 is 0 Å². The van der Waals surface area contributed by atoms with Gasteiger partial charge in [-0.25, -0.2) is 14.6 Å². The highest BCUT2D eigenvalue weighted by atomic mass is 16.5. The van der Waals surface area contributed by atoms with Crippen LogP contribution in [0.2, 0.25) is 0 Å². The van der Waals surface area contributed by atoms with Crippen molar-refractivity contribution in [1.82, 2.24) is 46.0 Å². The first-order valence-electron chi connectivity index (χ1n) is 21.6. The first-order chi connectivity index (χ1) is 28.2. The average molecular weight is 832 g/mol. The number of carbonyl (C=O) groups is 4. The number of urea groups is 2. The predicted molar refractivity (Wildman–Crippen MR) is 225 cm³/mol. The van der Waals surface area contributed by atoms with E-state index in [1.165, 1.54) is 4.90 Å². The minimum Gasteiger partial charge on any atom is -0.381 e. The summed E-state index contributed by atoms with van der Waals surface area (Å²) in [5.41, 5.74) is 1.97. The van der Waals surface area contributed by atoms with Gasteiger partial charge >= 0.3 is 12.1 Å². The minimum atomic E-state index is -2.22. The largest absolute Gasteiger partial charge is 0.381 e. The summed E-state index contributed by atoms with van der Waals surface area (Å²) in [6.07, 6.45) is 2.71. The molecule has 6 amide bonds. The fraction of sp³-hybridized carbons (Fsp3) is 0.762. The molecule has 3 fully saturated rings. The summed E-state index contributed by atoms with van der Waals surface area (Å²) in [4.78, 5) is 62.7. The molecule has 0 aromatic heterocycles. The van der Waals surface area contributed by atoms with Crippen molar-refractivity contribution in [3.8, 4) is 0 Å². The molecule has 3 aliphatic rings. The molecule has 0 radical (unpaired) electrons. The average Bonchev–Trinajstić information content (AvgIpc) is 3.23. The topological polar surface area (TPSA) is 181 Å². The number of aliphatic hydroxyl groups is 1. The molecule has 5 N–H and O–H groups in total. The number of hydrogen-bond donors (Lipinski definition) is 5. The maximum Gasteiger partial charge on any atom is 0.319 e. The number of hydrogen-bond acceptors (Lipinski definition) is 11. The van der Waals surface area contributed by atoms with E-state index in [2.05, 4.69) is 31.2 Å². The molecule has 0 aliphatic carbocycles. The maximum atomic E-state index is 14.2. The molecule has 0 unspecified atom stereocenters. The van der Waals surface area contributed by atoms with E-state index in [1.54, 1.807) is 32.8 Å². The lowest BCUT2D eigenvalue weighted by molar-refractivity contribution is -0.148. The molecule has 3 atom stereocenters. The van der Waals surface area contributed by atoms with Gasteiger partial charge in [0.25, 0.3) is 11.8 Å². The van der Waals surface area contributed by atoms with Gasteiger partial charge in [-0.1, -0.05) is 58.0 Å². The van der Waals surface area contributed by atoms with Crippen LogP contribution in [-0.2, 0) is 30.2 Å². The maximum absolute atomic E-state index is 14.2. The molecule has 3 saturated heterocycles.